The molecule has 0 unspecified atom stereocenters. The molecule has 1 fully saturated rings. The smallest absolute Gasteiger partial charge is 0.253 e. The molecule has 0 atom stereocenters. The van der Waals surface area contributed by atoms with Gasteiger partial charge in [-0.05, 0) is 46.7 Å². The molecule has 1 aliphatic rings. The van der Waals surface area contributed by atoms with Crippen molar-refractivity contribution in [3.8, 4) is 0 Å². The molecule has 3 rings (SSSR count). The second-order valence-electron chi connectivity index (χ2n) is 6.00. The van der Waals surface area contributed by atoms with Gasteiger partial charge in [-0.15, -0.1) is 0 Å². The van der Waals surface area contributed by atoms with Gasteiger partial charge in [0.25, 0.3) is 5.91 Å². The number of carbonyl (C=O) groups is 1. The largest absolute Gasteiger partial charge is 0.336 e. The average Bonchev–Trinajstić information content (AvgIpc) is 3.07. The maximum atomic E-state index is 12.5. The van der Waals surface area contributed by atoms with Gasteiger partial charge in [0.15, 0.2) is 9.84 Å². The molecule has 5 nitrogen and oxygen atoms in total. The van der Waals surface area contributed by atoms with Crippen molar-refractivity contribution in [1.29, 1.82) is 0 Å². The molecule has 7 heteroatoms. The summed E-state index contributed by atoms with van der Waals surface area (Å²) in [5.74, 6) is -0.0368. The molecular weight excluding hydrogens is 344 g/mol. The highest BCUT2D eigenvalue weighted by Crippen LogP contribution is 2.15. The van der Waals surface area contributed by atoms with Gasteiger partial charge in [0.2, 0.25) is 0 Å². The summed E-state index contributed by atoms with van der Waals surface area (Å²) in [6, 6.07) is 8.31. The van der Waals surface area contributed by atoms with E-state index in [1.807, 2.05) is 4.90 Å². The minimum absolute atomic E-state index is 0.0368. The first-order chi connectivity index (χ1) is 11.4. The van der Waals surface area contributed by atoms with Crippen molar-refractivity contribution in [3.05, 3.63) is 52.2 Å². The third-order valence-corrected chi connectivity index (χ3v) is 6.04. The summed E-state index contributed by atoms with van der Waals surface area (Å²) < 4.78 is 23.0. The van der Waals surface area contributed by atoms with Gasteiger partial charge in [-0.2, -0.15) is 11.3 Å². The van der Waals surface area contributed by atoms with E-state index in [1.165, 1.54) is 17.7 Å². The van der Waals surface area contributed by atoms with Gasteiger partial charge in [0.1, 0.15) is 0 Å². The van der Waals surface area contributed by atoms with E-state index in [0.29, 0.717) is 18.7 Å². The number of sulfone groups is 1. The van der Waals surface area contributed by atoms with Crippen LogP contribution in [0.25, 0.3) is 0 Å². The molecule has 0 bridgehead atoms. The Bertz CT molecular complexity index is 791. The lowest BCUT2D eigenvalue weighted by atomic mass is 10.1. The molecule has 1 saturated heterocycles. The first-order valence-corrected chi connectivity index (χ1v) is 10.6. The molecule has 0 spiro atoms. The maximum Gasteiger partial charge on any atom is 0.253 e. The van der Waals surface area contributed by atoms with Crippen LogP contribution in [0.15, 0.2) is 46.0 Å². The first kappa shape index (κ1) is 17.1. The molecule has 0 aliphatic carbocycles. The van der Waals surface area contributed by atoms with E-state index in [4.69, 9.17) is 0 Å². The van der Waals surface area contributed by atoms with Crippen LogP contribution in [0, 0.1) is 0 Å². The monoisotopic (exact) mass is 364 g/mol. The van der Waals surface area contributed by atoms with E-state index >= 15 is 0 Å². The maximum absolute atomic E-state index is 12.5. The summed E-state index contributed by atoms with van der Waals surface area (Å²) in [4.78, 5) is 17.0. The zero-order valence-electron chi connectivity index (χ0n) is 13.5. The van der Waals surface area contributed by atoms with Crippen LogP contribution in [0.1, 0.15) is 15.9 Å². The molecule has 0 N–H and O–H groups in total. The number of thiophene rings is 1. The fraction of sp³-hybridized carbons (Fsp3) is 0.353. The molecule has 1 aliphatic heterocycles. The second-order valence-corrected chi connectivity index (χ2v) is 8.79. The summed E-state index contributed by atoms with van der Waals surface area (Å²) in [7, 11) is -3.23. The number of hydrogen-bond donors (Lipinski definition) is 0. The lowest BCUT2D eigenvalue weighted by Gasteiger charge is -2.34. The van der Waals surface area contributed by atoms with E-state index in [1.54, 1.807) is 23.5 Å². The van der Waals surface area contributed by atoms with Crippen LogP contribution < -0.4 is 0 Å². The van der Waals surface area contributed by atoms with Crippen LogP contribution in [0.4, 0.5) is 0 Å². The standard InChI is InChI=1S/C17H20N2O3S2/c1-24(21,22)16-4-2-15(3-5-16)17(20)19-9-7-18(8-10-19)12-14-6-11-23-13-14/h2-6,11,13H,7-10,12H2,1H3. The van der Waals surface area contributed by atoms with E-state index < -0.39 is 9.84 Å². The Hall–Kier alpha value is -1.70. The Kier molecular flexibility index (Phi) is 5.03. The molecule has 0 radical (unpaired) electrons. The van der Waals surface area contributed by atoms with Crippen molar-refractivity contribution in [2.24, 2.45) is 0 Å². The number of piperazine rings is 1. The molecular formula is C17H20N2O3S2. The number of nitrogens with zero attached hydrogens (tertiary/aromatic N) is 2. The lowest BCUT2D eigenvalue weighted by Crippen LogP contribution is -2.48. The van der Waals surface area contributed by atoms with Crippen molar-refractivity contribution < 1.29 is 13.2 Å². The van der Waals surface area contributed by atoms with Crippen LogP contribution in [0.2, 0.25) is 0 Å². The predicted octanol–water partition coefficient (Wildman–Crippen LogP) is 2.11. The lowest BCUT2D eigenvalue weighted by molar-refractivity contribution is 0.0628. The number of amides is 1. The molecule has 1 aromatic heterocycles. The molecule has 2 aromatic rings. The summed E-state index contributed by atoms with van der Waals surface area (Å²) in [5, 5.41) is 4.23. The Labute approximate surface area is 146 Å². The molecule has 24 heavy (non-hydrogen) atoms. The van der Waals surface area contributed by atoms with Crippen molar-refractivity contribution in [1.82, 2.24) is 9.80 Å². The molecule has 128 valence electrons. The minimum atomic E-state index is -3.23. The van der Waals surface area contributed by atoms with Crippen molar-refractivity contribution >= 4 is 27.1 Å². The van der Waals surface area contributed by atoms with E-state index in [0.717, 1.165) is 25.9 Å². The van der Waals surface area contributed by atoms with Gasteiger partial charge >= 0.3 is 0 Å². The molecule has 1 amide bonds. The summed E-state index contributed by atoms with van der Waals surface area (Å²) in [5.41, 5.74) is 1.85. The van der Waals surface area contributed by atoms with Crippen LogP contribution in [0.3, 0.4) is 0 Å². The highest BCUT2D eigenvalue weighted by Gasteiger charge is 2.22. The Morgan fingerprint density at radius 3 is 2.29 bits per heavy atom. The quantitative estimate of drug-likeness (QED) is 0.834. The van der Waals surface area contributed by atoms with Crippen LogP contribution in [0.5, 0.6) is 0 Å². The fourth-order valence-corrected chi connectivity index (χ4v) is 4.07. The first-order valence-electron chi connectivity index (χ1n) is 7.76. The van der Waals surface area contributed by atoms with Crippen LogP contribution in [-0.4, -0.2) is 56.6 Å². The van der Waals surface area contributed by atoms with Crippen molar-refractivity contribution in [2.45, 2.75) is 11.4 Å². The third-order valence-electron chi connectivity index (χ3n) is 4.18. The number of benzene rings is 1. The predicted molar refractivity (Wildman–Crippen MR) is 95.1 cm³/mol. The summed E-state index contributed by atoms with van der Waals surface area (Å²) in [6.07, 6.45) is 1.16. The van der Waals surface area contributed by atoms with Crippen molar-refractivity contribution in [3.63, 3.8) is 0 Å². The minimum Gasteiger partial charge on any atom is -0.336 e. The van der Waals surface area contributed by atoms with E-state index in [-0.39, 0.29) is 10.8 Å². The Balaban J connectivity index is 1.59. The second kappa shape index (κ2) is 7.04. The Morgan fingerprint density at radius 2 is 1.75 bits per heavy atom. The third kappa shape index (κ3) is 4.03. The number of carbonyl (C=O) groups excluding carboxylic acids is 1. The fourth-order valence-electron chi connectivity index (χ4n) is 2.78. The van der Waals surface area contributed by atoms with E-state index in [9.17, 15) is 13.2 Å². The average molecular weight is 364 g/mol. The van der Waals surface area contributed by atoms with Crippen LogP contribution in [-0.2, 0) is 16.4 Å². The number of hydrogen-bond acceptors (Lipinski definition) is 5. The van der Waals surface area contributed by atoms with Crippen molar-refractivity contribution in [2.75, 3.05) is 32.4 Å². The van der Waals surface area contributed by atoms with Gasteiger partial charge in [-0.25, -0.2) is 8.42 Å². The van der Waals surface area contributed by atoms with Gasteiger partial charge < -0.3 is 4.90 Å². The van der Waals surface area contributed by atoms with Gasteiger partial charge in [-0.1, -0.05) is 0 Å². The summed E-state index contributed by atoms with van der Waals surface area (Å²) in [6.45, 7) is 4.01. The zero-order chi connectivity index (χ0) is 17.2. The van der Waals surface area contributed by atoms with Gasteiger partial charge in [0, 0.05) is 44.5 Å². The van der Waals surface area contributed by atoms with Crippen LogP contribution >= 0.6 is 11.3 Å². The zero-order valence-corrected chi connectivity index (χ0v) is 15.1. The van der Waals surface area contributed by atoms with Gasteiger partial charge in [-0.3, -0.25) is 9.69 Å². The molecule has 2 heterocycles. The SMILES string of the molecule is CS(=O)(=O)c1ccc(C(=O)N2CCN(Cc3ccsc3)CC2)cc1. The summed E-state index contributed by atoms with van der Waals surface area (Å²) >= 11 is 1.70. The molecule has 0 saturated carbocycles. The normalized spacial score (nSPS) is 16.3. The van der Waals surface area contributed by atoms with Gasteiger partial charge in [0.05, 0.1) is 4.90 Å². The van der Waals surface area contributed by atoms with E-state index in [2.05, 4.69) is 21.7 Å². The molecule has 1 aromatic carbocycles. The topological polar surface area (TPSA) is 57.7 Å². The Morgan fingerprint density at radius 1 is 1.08 bits per heavy atom. The highest BCUT2D eigenvalue weighted by molar-refractivity contribution is 7.90. The highest BCUT2D eigenvalue weighted by atomic mass is 32.2. The number of rotatable bonds is 4.